The number of ketones is 1. The fraction of sp³-hybridized carbons (Fsp3) is 0.222. The number of carbonyl (C=O) groups is 1. The lowest BCUT2D eigenvalue weighted by molar-refractivity contribution is 0.105. The zero-order chi connectivity index (χ0) is 21.9. The summed E-state index contributed by atoms with van der Waals surface area (Å²) in [7, 11) is -1.41. The first kappa shape index (κ1) is 20.9. The van der Waals surface area contributed by atoms with Gasteiger partial charge in [0.25, 0.3) is 0 Å². The zero-order valence-electron chi connectivity index (χ0n) is 17.8. The van der Waals surface area contributed by atoms with Crippen molar-refractivity contribution in [3.63, 3.8) is 0 Å². The minimum atomic E-state index is -1.41. The maximum absolute atomic E-state index is 13.5. The first-order valence-corrected chi connectivity index (χ1v) is 12.2. The van der Waals surface area contributed by atoms with Gasteiger partial charge in [-0.3, -0.25) is 9.69 Å². The van der Waals surface area contributed by atoms with Crippen LogP contribution in [0.3, 0.4) is 0 Å². The predicted molar refractivity (Wildman–Crippen MR) is 128 cm³/mol. The Morgan fingerprint density at radius 2 is 1.56 bits per heavy atom. The maximum atomic E-state index is 13.5. The Morgan fingerprint density at radius 3 is 2.31 bits per heavy atom. The highest BCUT2D eigenvalue weighted by Gasteiger charge is 2.33. The van der Waals surface area contributed by atoms with Crippen molar-refractivity contribution in [2.24, 2.45) is 0 Å². The molecule has 0 amide bonds. The van der Waals surface area contributed by atoms with Gasteiger partial charge in [0.2, 0.25) is 0 Å². The number of allylic oxidation sites excluding steroid dienone is 1. The van der Waals surface area contributed by atoms with E-state index in [0.29, 0.717) is 27.5 Å². The van der Waals surface area contributed by atoms with Crippen molar-refractivity contribution < 1.29 is 13.7 Å². The van der Waals surface area contributed by atoms with Gasteiger partial charge in [-0.25, -0.2) is 4.21 Å². The Labute approximate surface area is 191 Å². The normalized spacial score (nSPS) is 18.1. The average molecular weight is 444 g/mol. The van der Waals surface area contributed by atoms with E-state index in [1.165, 1.54) is 12.8 Å². The Hall–Kier alpha value is -3.02. The summed E-state index contributed by atoms with van der Waals surface area (Å²) in [6.07, 6.45) is 2.54. The Balaban J connectivity index is 1.44. The van der Waals surface area contributed by atoms with Gasteiger partial charge in [-0.05, 0) is 49.7 Å². The highest BCUT2D eigenvalue weighted by molar-refractivity contribution is 7.95. The Bertz CT molecular complexity index is 1180. The lowest BCUT2D eigenvalue weighted by Crippen LogP contribution is -2.25. The fourth-order valence-electron chi connectivity index (χ4n) is 4.37. The van der Waals surface area contributed by atoms with Crippen molar-refractivity contribution in [1.82, 2.24) is 4.90 Å². The summed E-state index contributed by atoms with van der Waals surface area (Å²) < 4.78 is 19.3. The van der Waals surface area contributed by atoms with Crippen molar-refractivity contribution >= 4 is 27.1 Å². The molecular formula is C27H25NO3S. The largest absolute Gasteiger partial charge is 0.492 e. The van der Waals surface area contributed by atoms with Gasteiger partial charge in [0.05, 0.1) is 20.6 Å². The SMILES string of the molecule is O=C(C1=C(c2ccc(OCCN3CCCC3)cc2)S(=O)c2ccccc21)c1ccccc1. The van der Waals surface area contributed by atoms with Crippen molar-refractivity contribution in [3.05, 3.63) is 95.6 Å². The molecule has 1 atom stereocenters. The monoisotopic (exact) mass is 443 g/mol. The van der Waals surface area contributed by atoms with E-state index >= 15 is 0 Å². The van der Waals surface area contributed by atoms with E-state index in [0.717, 1.165) is 36.5 Å². The van der Waals surface area contributed by atoms with Gasteiger partial charge >= 0.3 is 0 Å². The molecule has 2 aliphatic heterocycles. The van der Waals surface area contributed by atoms with Crippen molar-refractivity contribution in [1.29, 1.82) is 0 Å². The summed E-state index contributed by atoms with van der Waals surface area (Å²) >= 11 is 0. The molecule has 1 saturated heterocycles. The van der Waals surface area contributed by atoms with Gasteiger partial charge < -0.3 is 4.74 Å². The molecule has 0 saturated carbocycles. The molecule has 0 bridgehead atoms. The molecule has 5 heteroatoms. The van der Waals surface area contributed by atoms with Crippen LogP contribution in [0.25, 0.3) is 10.5 Å². The third kappa shape index (κ3) is 4.06. The molecule has 0 spiro atoms. The van der Waals surface area contributed by atoms with Crippen LogP contribution in [-0.4, -0.2) is 41.1 Å². The average Bonchev–Trinajstić information content (AvgIpc) is 3.46. The molecule has 3 aromatic rings. The quantitative estimate of drug-likeness (QED) is 0.481. The van der Waals surface area contributed by atoms with Gasteiger partial charge in [0.15, 0.2) is 5.78 Å². The van der Waals surface area contributed by atoms with Crippen LogP contribution in [0.1, 0.15) is 34.3 Å². The van der Waals surface area contributed by atoms with Gasteiger partial charge in [-0.2, -0.15) is 0 Å². The molecule has 5 rings (SSSR count). The molecule has 3 aromatic carbocycles. The zero-order valence-corrected chi connectivity index (χ0v) is 18.6. The van der Waals surface area contributed by atoms with Crippen LogP contribution in [0.15, 0.2) is 83.8 Å². The number of benzene rings is 3. The number of ether oxygens (including phenoxy) is 1. The molecular weight excluding hydrogens is 418 g/mol. The first-order valence-electron chi connectivity index (χ1n) is 11.0. The number of nitrogens with zero attached hydrogens (tertiary/aromatic N) is 1. The summed E-state index contributed by atoms with van der Waals surface area (Å²) in [4.78, 5) is 17.1. The van der Waals surface area contributed by atoms with Crippen LogP contribution < -0.4 is 4.74 Å². The van der Waals surface area contributed by atoms with Gasteiger partial charge in [0, 0.05) is 23.2 Å². The second-order valence-corrected chi connectivity index (χ2v) is 9.47. The predicted octanol–water partition coefficient (Wildman–Crippen LogP) is 5.03. The molecule has 2 heterocycles. The van der Waals surface area contributed by atoms with E-state index < -0.39 is 10.8 Å². The third-order valence-electron chi connectivity index (χ3n) is 6.02. The summed E-state index contributed by atoms with van der Waals surface area (Å²) in [6.45, 7) is 3.89. The summed E-state index contributed by atoms with van der Waals surface area (Å²) in [5, 5.41) is 0. The lowest BCUT2D eigenvalue weighted by Gasteiger charge is -2.15. The number of likely N-dealkylation sites (tertiary alicyclic amines) is 1. The van der Waals surface area contributed by atoms with Crippen LogP contribution in [0.5, 0.6) is 5.75 Å². The minimum absolute atomic E-state index is 0.107. The molecule has 0 aromatic heterocycles. The van der Waals surface area contributed by atoms with E-state index in [2.05, 4.69) is 4.90 Å². The van der Waals surface area contributed by atoms with Crippen molar-refractivity contribution in [2.45, 2.75) is 17.7 Å². The van der Waals surface area contributed by atoms with E-state index in [-0.39, 0.29) is 5.78 Å². The highest BCUT2D eigenvalue weighted by atomic mass is 32.2. The van der Waals surface area contributed by atoms with E-state index in [1.54, 1.807) is 12.1 Å². The number of hydrogen-bond acceptors (Lipinski definition) is 4. The van der Waals surface area contributed by atoms with Gasteiger partial charge in [-0.1, -0.05) is 60.7 Å². The van der Waals surface area contributed by atoms with E-state index in [1.807, 2.05) is 66.7 Å². The molecule has 2 aliphatic rings. The fourth-order valence-corrected chi connectivity index (χ4v) is 5.90. The second kappa shape index (κ2) is 9.23. The van der Waals surface area contributed by atoms with Crippen LogP contribution >= 0.6 is 0 Å². The third-order valence-corrected chi connectivity index (χ3v) is 7.59. The standard InChI is InChI=1S/C27H25NO3S/c29-26(20-8-2-1-3-9-20)25-23-10-4-5-11-24(23)32(30)27(25)21-12-14-22(15-13-21)31-19-18-28-16-6-7-17-28/h1-5,8-15H,6-7,16-19H2. The molecule has 1 fully saturated rings. The number of carbonyl (C=O) groups excluding carboxylic acids is 1. The van der Waals surface area contributed by atoms with Crippen LogP contribution in [-0.2, 0) is 10.8 Å². The van der Waals surface area contributed by atoms with Crippen LogP contribution in [0.4, 0.5) is 0 Å². The Kier molecular flexibility index (Phi) is 6.02. The molecule has 0 N–H and O–H groups in total. The van der Waals surface area contributed by atoms with E-state index in [4.69, 9.17) is 4.74 Å². The molecule has 0 radical (unpaired) electrons. The number of fused-ring (bicyclic) bond motifs is 1. The number of Topliss-reactive ketones (excluding diaryl/α,β-unsaturated/α-hetero) is 1. The smallest absolute Gasteiger partial charge is 0.194 e. The molecule has 162 valence electrons. The first-order chi connectivity index (χ1) is 15.7. The number of rotatable bonds is 7. The highest BCUT2D eigenvalue weighted by Crippen LogP contribution is 2.43. The van der Waals surface area contributed by atoms with Gasteiger partial charge in [-0.15, -0.1) is 0 Å². The molecule has 32 heavy (non-hydrogen) atoms. The van der Waals surface area contributed by atoms with Crippen LogP contribution in [0.2, 0.25) is 0 Å². The Morgan fingerprint density at radius 1 is 0.875 bits per heavy atom. The molecule has 4 nitrogen and oxygen atoms in total. The topological polar surface area (TPSA) is 46.6 Å². The lowest BCUT2D eigenvalue weighted by atomic mass is 9.95. The van der Waals surface area contributed by atoms with Crippen LogP contribution in [0, 0.1) is 0 Å². The van der Waals surface area contributed by atoms with Gasteiger partial charge in [0.1, 0.15) is 12.4 Å². The maximum Gasteiger partial charge on any atom is 0.194 e. The number of hydrogen-bond donors (Lipinski definition) is 0. The van der Waals surface area contributed by atoms with Crippen molar-refractivity contribution in [3.8, 4) is 5.75 Å². The van der Waals surface area contributed by atoms with Crippen molar-refractivity contribution in [2.75, 3.05) is 26.2 Å². The molecule has 0 aliphatic carbocycles. The summed E-state index contributed by atoms with van der Waals surface area (Å²) in [5.74, 6) is 0.676. The molecule has 1 unspecified atom stereocenters. The summed E-state index contributed by atoms with van der Waals surface area (Å²) in [5.41, 5.74) is 2.65. The minimum Gasteiger partial charge on any atom is -0.492 e. The second-order valence-electron chi connectivity index (χ2n) is 8.09. The van der Waals surface area contributed by atoms with E-state index in [9.17, 15) is 9.00 Å². The summed E-state index contributed by atoms with van der Waals surface area (Å²) in [6, 6.07) is 24.3.